The Morgan fingerprint density at radius 1 is 1.24 bits per heavy atom. The van der Waals surface area contributed by atoms with Crippen molar-refractivity contribution < 1.29 is 19.4 Å². The maximum Gasteiger partial charge on any atom is 0.310 e. The van der Waals surface area contributed by atoms with Gasteiger partial charge < -0.3 is 14.6 Å². The van der Waals surface area contributed by atoms with Gasteiger partial charge in [0.2, 0.25) is 0 Å². The number of aliphatic carboxylic acids is 1. The van der Waals surface area contributed by atoms with Crippen LogP contribution in [-0.2, 0) is 14.3 Å². The highest BCUT2D eigenvalue weighted by Gasteiger charge is 2.15. The Balaban J connectivity index is 2.83. The van der Waals surface area contributed by atoms with Gasteiger partial charge in [-0.3, -0.25) is 4.79 Å². The molecule has 0 heterocycles. The summed E-state index contributed by atoms with van der Waals surface area (Å²) in [7, 11) is 3.24. The predicted molar refractivity (Wildman–Crippen MR) is 64.1 cm³/mol. The van der Waals surface area contributed by atoms with Crippen molar-refractivity contribution in [1.82, 2.24) is 0 Å². The molecular formula is C13H18O4. The second-order valence-corrected chi connectivity index (χ2v) is 3.91. The summed E-state index contributed by atoms with van der Waals surface area (Å²) in [5.41, 5.74) is 1.77. The van der Waals surface area contributed by atoms with Crippen molar-refractivity contribution in [2.24, 2.45) is 0 Å². The lowest BCUT2D eigenvalue weighted by Crippen LogP contribution is -2.10. The van der Waals surface area contributed by atoms with Crippen LogP contribution in [0.4, 0.5) is 0 Å². The molecule has 0 radical (unpaired) electrons. The van der Waals surface area contributed by atoms with Gasteiger partial charge in [-0.25, -0.2) is 0 Å². The lowest BCUT2D eigenvalue weighted by Gasteiger charge is -2.15. The molecule has 0 saturated carbocycles. The van der Waals surface area contributed by atoms with Gasteiger partial charge in [0.05, 0.1) is 12.5 Å². The summed E-state index contributed by atoms with van der Waals surface area (Å²) in [4.78, 5) is 10.8. The van der Waals surface area contributed by atoms with Crippen LogP contribution >= 0.6 is 0 Å². The molecule has 0 spiro atoms. The summed E-state index contributed by atoms with van der Waals surface area (Å²) in [5, 5.41) is 8.90. The van der Waals surface area contributed by atoms with Gasteiger partial charge in [-0.1, -0.05) is 24.3 Å². The molecule has 1 aromatic carbocycles. The fraction of sp³-hybridized carbons (Fsp3) is 0.462. The Labute approximate surface area is 101 Å². The maximum atomic E-state index is 10.8. The van der Waals surface area contributed by atoms with Gasteiger partial charge in [-0.05, 0) is 18.1 Å². The number of benzene rings is 1. The molecule has 2 atom stereocenters. The fourth-order valence-electron chi connectivity index (χ4n) is 1.59. The zero-order valence-electron chi connectivity index (χ0n) is 10.3. The van der Waals surface area contributed by atoms with Crippen LogP contribution in [0.1, 0.15) is 30.1 Å². The number of hydrogen-bond acceptors (Lipinski definition) is 3. The summed E-state index contributed by atoms with van der Waals surface area (Å²) in [6.45, 7) is 2.14. The van der Waals surface area contributed by atoms with Crippen molar-refractivity contribution in [3.8, 4) is 0 Å². The van der Waals surface area contributed by atoms with Crippen molar-refractivity contribution in [3.05, 3.63) is 35.4 Å². The van der Waals surface area contributed by atoms with E-state index in [4.69, 9.17) is 14.6 Å². The summed E-state index contributed by atoms with van der Waals surface area (Å²) in [6, 6.07) is 7.38. The third-order valence-corrected chi connectivity index (χ3v) is 2.78. The van der Waals surface area contributed by atoms with Crippen LogP contribution in [-0.4, -0.2) is 31.9 Å². The van der Waals surface area contributed by atoms with Crippen LogP contribution in [0.15, 0.2) is 24.3 Å². The molecule has 1 aromatic rings. The monoisotopic (exact) mass is 238 g/mol. The third-order valence-electron chi connectivity index (χ3n) is 2.78. The molecule has 0 saturated heterocycles. The van der Waals surface area contributed by atoms with Gasteiger partial charge in [0.15, 0.2) is 0 Å². The van der Waals surface area contributed by atoms with E-state index < -0.39 is 11.9 Å². The summed E-state index contributed by atoms with van der Waals surface area (Å²) in [6.07, 6.45) is -0.116. The van der Waals surface area contributed by atoms with Gasteiger partial charge in [0, 0.05) is 14.2 Å². The standard InChI is InChI=1S/C13H18O4/c1-9(13(14)15)10-4-6-11(7-5-10)12(17-3)8-16-2/h4-7,9,12H,8H2,1-3H3,(H,14,15). The van der Waals surface area contributed by atoms with E-state index in [0.717, 1.165) is 11.1 Å². The van der Waals surface area contributed by atoms with E-state index >= 15 is 0 Å². The highest BCUT2D eigenvalue weighted by atomic mass is 16.5. The van der Waals surface area contributed by atoms with Crippen LogP contribution < -0.4 is 0 Å². The van der Waals surface area contributed by atoms with Crippen LogP contribution in [0.3, 0.4) is 0 Å². The van der Waals surface area contributed by atoms with E-state index in [0.29, 0.717) is 6.61 Å². The largest absolute Gasteiger partial charge is 0.481 e. The van der Waals surface area contributed by atoms with Gasteiger partial charge in [-0.2, -0.15) is 0 Å². The molecule has 0 amide bonds. The number of hydrogen-bond donors (Lipinski definition) is 1. The molecule has 17 heavy (non-hydrogen) atoms. The molecule has 2 unspecified atom stereocenters. The SMILES string of the molecule is COCC(OC)c1ccc(C(C)C(=O)O)cc1. The summed E-state index contributed by atoms with van der Waals surface area (Å²) < 4.78 is 10.3. The number of carboxylic acids is 1. The predicted octanol–water partition coefficient (Wildman–Crippen LogP) is 2.21. The Kier molecular flexibility index (Phi) is 5.12. The minimum absolute atomic E-state index is 0.116. The number of carboxylic acid groups (broad SMARTS) is 1. The quantitative estimate of drug-likeness (QED) is 0.825. The molecule has 1 N–H and O–H groups in total. The molecule has 0 aliphatic rings. The smallest absolute Gasteiger partial charge is 0.310 e. The van der Waals surface area contributed by atoms with E-state index in [1.807, 2.05) is 24.3 Å². The molecule has 0 aliphatic carbocycles. The minimum atomic E-state index is -0.821. The first-order chi connectivity index (χ1) is 8.10. The van der Waals surface area contributed by atoms with Crippen LogP contribution in [0.5, 0.6) is 0 Å². The molecule has 0 aromatic heterocycles. The lowest BCUT2D eigenvalue weighted by molar-refractivity contribution is -0.138. The fourth-order valence-corrected chi connectivity index (χ4v) is 1.59. The van der Waals surface area contributed by atoms with Crippen LogP contribution in [0.2, 0.25) is 0 Å². The van der Waals surface area contributed by atoms with Gasteiger partial charge >= 0.3 is 5.97 Å². The first kappa shape index (κ1) is 13.7. The number of carbonyl (C=O) groups is 1. The number of methoxy groups -OCH3 is 2. The molecule has 0 aliphatic heterocycles. The second kappa shape index (κ2) is 6.37. The summed E-state index contributed by atoms with van der Waals surface area (Å²) >= 11 is 0. The molecule has 94 valence electrons. The lowest BCUT2D eigenvalue weighted by atomic mass is 9.99. The summed E-state index contributed by atoms with van der Waals surface area (Å²) in [5.74, 6) is -1.31. The molecule has 4 nitrogen and oxygen atoms in total. The average molecular weight is 238 g/mol. The first-order valence-electron chi connectivity index (χ1n) is 5.44. The zero-order valence-corrected chi connectivity index (χ0v) is 10.3. The van der Waals surface area contributed by atoms with E-state index in [1.54, 1.807) is 21.1 Å². The van der Waals surface area contributed by atoms with Crippen molar-refractivity contribution in [1.29, 1.82) is 0 Å². The Morgan fingerprint density at radius 2 is 1.76 bits per heavy atom. The first-order valence-corrected chi connectivity index (χ1v) is 5.44. The Morgan fingerprint density at radius 3 is 2.18 bits per heavy atom. The molecular weight excluding hydrogens is 220 g/mol. The van der Waals surface area contributed by atoms with E-state index in [2.05, 4.69) is 0 Å². The van der Waals surface area contributed by atoms with E-state index in [1.165, 1.54) is 0 Å². The van der Waals surface area contributed by atoms with Crippen molar-refractivity contribution in [2.45, 2.75) is 18.9 Å². The van der Waals surface area contributed by atoms with E-state index in [9.17, 15) is 4.79 Å². The molecule has 1 rings (SSSR count). The number of ether oxygens (including phenoxy) is 2. The van der Waals surface area contributed by atoms with Crippen molar-refractivity contribution >= 4 is 5.97 Å². The van der Waals surface area contributed by atoms with Gasteiger partial charge in [0.25, 0.3) is 0 Å². The molecule has 0 fully saturated rings. The highest BCUT2D eigenvalue weighted by Crippen LogP contribution is 2.21. The Hall–Kier alpha value is -1.39. The normalized spacial score (nSPS) is 14.3. The molecule has 4 heteroatoms. The second-order valence-electron chi connectivity index (χ2n) is 3.91. The Bertz CT molecular complexity index is 358. The van der Waals surface area contributed by atoms with Crippen molar-refractivity contribution in [2.75, 3.05) is 20.8 Å². The van der Waals surface area contributed by atoms with Crippen LogP contribution in [0, 0.1) is 0 Å². The van der Waals surface area contributed by atoms with E-state index in [-0.39, 0.29) is 6.10 Å². The van der Waals surface area contributed by atoms with Crippen LogP contribution in [0.25, 0.3) is 0 Å². The third kappa shape index (κ3) is 3.54. The van der Waals surface area contributed by atoms with Crippen molar-refractivity contribution in [3.63, 3.8) is 0 Å². The average Bonchev–Trinajstić information content (AvgIpc) is 2.35. The van der Waals surface area contributed by atoms with Gasteiger partial charge in [-0.15, -0.1) is 0 Å². The number of rotatable bonds is 6. The topological polar surface area (TPSA) is 55.8 Å². The highest BCUT2D eigenvalue weighted by molar-refractivity contribution is 5.75. The maximum absolute atomic E-state index is 10.8. The zero-order chi connectivity index (χ0) is 12.8. The van der Waals surface area contributed by atoms with Gasteiger partial charge in [0.1, 0.15) is 6.10 Å². The molecule has 0 bridgehead atoms. The minimum Gasteiger partial charge on any atom is -0.481 e.